The summed E-state index contributed by atoms with van der Waals surface area (Å²) in [4.78, 5) is 16.3. The number of amides is 1. The van der Waals surface area contributed by atoms with Crippen molar-refractivity contribution in [3.8, 4) is 0 Å². The van der Waals surface area contributed by atoms with Crippen molar-refractivity contribution in [2.45, 2.75) is 13.1 Å². The van der Waals surface area contributed by atoms with Gasteiger partial charge in [-0.15, -0.1) is 22.9 Å². The van der Waals surface area contributed by atoms with Crippen molar-refractivity contribution in [1.82, 2.24) is 9.88 Å². The fourth-order valence-electron chi connectivity index (χ4n) is 1.19. The predicted molar refractivity (Wildman–Crippen MR) is 59.5 cm³/mol. The molecule has 96 valence electrons. The molecule has 17 heavy (non-hydrogen) atoms. The highest BCUT2D eigenvalue weighted by molar-refractivity contribution is 7.09. The minimum Gasteiger partial charge on any atom is -0.327 e. The van der Waals surface area contributed by atoms with E-state index in [4.69, 9.17) is 11.6 Å². The molecule has 0 spiro atoms. The van der Waals surface area contributed by atoms with E-state index in [9.17, 15) is 18.0 Å². The Kier molecular flexibility index (Phi) is 4.76. The maximum Gasteiger partial charge on any atom is 0.406 e. The molecule has 1 amide bonds. The first-order valence-corrected chi connectivity index (χ1v) is 6.09. The summed E-state index contributed by atoms with van der Waals surface area (Å²) >= 11 is 6.60. The second-order valence-corrected chi connectivity index (χ2v) is 4.72. The Hall–Kier alpha value is -0.820. The Labute approximate surface area is 105 Å². The Balaban J connectivity index is 2.80. The molecule has 0 aliphatic carbocycles. The molecule has 8 heteroatoms. The first-order chi connectivity index (χ1) is 7.83. The number of halogens is 4. The van der Waals surface area contributed by atoms with Crippen molar-refractivity contribution in [3.63, 3.8) is 0 Å². The lowest BCUT2D eigenvalue weighted by atomic mass is 10.3. The molecule has 1 aromatic heterocycles. The van der Waals surface area contributed by atoms with E-state index in [1.165, 1.54) is 16.7 Å². The molecule has 0 N–H and O–H groups in total. The maximum atomic E-state index is 12.3. The third kappa shape index (κ3) is 4.51. The average Bonchev–Trinajstić information content (AvgIpc) is 2.61. The number of alkyl halides is 4. The molecule has 0 saturated carbocycles. The van der Waals surface area contributed by atoms with Crippen molar-refractivity contribution in [3.05, 3.63) is 16.1 Å². The van der Waals surface area contributed by atoms with Gasteiger partial charge in [-0.3, -0.25) is 4.79 Å². The van der Waals surface area contributed by atoms with E-state index in [1.54, 1.807) is 6.92 Å². The highest BCUT2D eigenvalue weighted by atomic mass is 35.5. The van der Waals surface area contributed by atoms with Gasteiger partial charge in [0.1, 0.15) is 12.2 Å². The summed E-state index contributed by atoms with van der Waals surface area (Å²) in [5.74, 6) is -0.794. The van der Waals surface area contributed by atoms with E-state index >= 15 is 0 Å². The minimum absolute atomic E-state index is 0.0295. The van der Waals surface area contributed by atoms with Gasteiger partial charge in [-0.25, -0.2) is 4.98 Å². The van der Waals surface area contributed by atoms with Crippen LogP contribution >= 0.6 is 22.9 Å². The van der Waals surface area contributed by atoms with Gasteiger partial charge in [0, 0.05) is 17.8 Å². The van der Waals surface area contributed by atoms with Crippen LogP contribution in [0.2, 0.25) is 0 Å². The van der Waals surface area contributed by atoms with Gasteiger partial charge in [0.05, 0.1) is 5.01 Å². The minimum atomic E-state index is -4.44. The van der Waals surface area contributed by atoms with Crippen LogP contribution < -0.4 is 0 Å². The molecule has 0 bridgehead atoms. The fraction of sp³-hybridized carbons (Fsp3) is 0.556. The number of hydrogen-bond donors (Lipinski definition) is 0. The average molecular weight is 287 g/mol. The van der Waals surface area contributed by atoms with Crippen molar-refractivity contribution in [1.29, 1.82) is 0 Å². The first kappa shape index (κ1) is 14.2. The van der Waals surface area contributed by atoms with Crippen molar-refractivity contribution in [2.24, 2.45) is 0 Å². The molecule has 0 fully saturated rings. The summed E-state index contributed by atoms with van der Waals surface area (Å²) in [6, 6.07) is 0. The van der Waals surface area contributed by atoms with Gasteiger partial charge in [-0.1, -0.05) is 0 Å². The number of nitrogens with zero attached hydrogens (tertiary/aromatic N) is 2. The summed E-state index contributed by atoms with van der Waals surface area (Å²) in [5.41, 5.74) is 0.0295. The van der Waals surface area contributed by atoms with Crippen LogP contribution in [0, 0.1) is 6.92 Å². The topological polar surface area (TPSA) is 33.2 Å². The zero-order chi connectivity index (χ0) is 13.1. The number of rotatable bonds is 4. The zero-order valence-corrected chi connectivity index (χ0v) is 10.5. The Bertz CT molecular complexity index is 394. The molecule has 0 radical (unpaired) electrons. The largest absolute Gasteiger partial charge is 0.406 e. The summed E-state index contributed by atoms with van der Waals surface area (Å²) in [5, 5.41) is 2.07. The van der Waals surface area contributed by atoms with Crippen LogP contribution in [0.1, 0.15) is 15.5 Å². The van der Waals surface area contributed by atoms with Crippen LogP contribution in [0.5, 0.6) is 0 Å². The zero-order valence-electron chi connectivity index (χ0n) is 8.92. The van der Waals surface area contributed by atoms with Crippen molar-refractivity contribution < 1.29 is 18.0 Å². The molecule has 1 rings (SSSR count). The standard InChI is InChI=1S/C9H10ClF3N2OS/c1-6-14-7(4-17-6)8(16)15(3-2-10)5-9(11,12)13/h4H,2-3,5H2,1H3. The quantitative estimate of drug-likeness (QED) is 0.797. The number of carbonyl (C=O) groups is 1. The monoisotopic (exact) mass is 286 g/mol. The Morgan fingerprint density at radius 3 is 2.65 bits per heavy atom. The van der Waals surface area contributed by atoms with E-state index < -0.39 is 18.6 Å². The SMILES string of the molecule is Cc1nc(C(=O)N(CCCl)CC(F)(F)F)cs1. The summed E-state index contributed by atoms with van der Waals surface area (Å²) in [6.45, 7) is 0.211. The van der Waals surface area contributed by atoms with Crippen LogP contribution in [-0.2, 0) is 0 Å². The highest BCUT2D eigenvalue weighted by Gasteiger charge is 2.33. The van der Waals surface area contributed by atoms with Crippen LogP contribution in [0.3, 0.4) is 0 Å². The molecule has 3 nitrogen and oxygen atoms in total. The number of carbonyl (C=O) groups excluding carboxylic acids is 1. The lowest BCUT2D eigenvalue weighted by Gasteiger charge is -2.22. The Morgan fingerprint density at radius 1 is 1.59 bits per heavy atom. The van der Waals surface area contributed by atoms with Gasteiger partial charge < -0.3 is 4.90 Å². The van der Waals surface area contributed by atoms with Gasteiger partial charge in [0.15, 0.2) is 0 Å². The van der Waals surface area contributed by atoms with Crippen molar-refractivity contribution >= 4 is 28.8 Å². The second kappa shape index (κ2) is 5.68. The van der Waals surface area contributed by atoms with E-state index in [-0.39, 0.29) is 18.1 Å². The molecule has 1 heterocycles. The molecule has 0 atom stereocenters. The molecule has 0 aliphatic heterocycles. The molecular formula is C9H10ClF3N2OS. The van der Waals surface area contributed by atoms with Crippen LogP contribution in [0.4, 0.5) is 13.2 Å². The fourth-order valence-corrected chi connectivity index (χ4v) is 1.99. The maximum absolute atomic E-state index is 12.3. The molecule has 0 unspecified atom stereocenters. The number of thiazole rings is 1. The summed E-state index contributed by atoms with van der Waals surface area (Å²) in [6.07, 6.45) is -4.44. The van der Waals surface area contributed by atoms with Gasteiger partial charge in [-0.2, -0.15) is 13.2 Å². The van der Waals surface area contributed by atoms with Gasteiger partial charge >= 0.3 is 6.18 Å². The normalized spacial score (nSPS) is 11.6. The molecule has 0 saturated heterocycles. The first-order valence-electron chi connectivity index (χ1n) is 4.67. The smallest absolute Gasteiger partial charge is 0.327 e. The lowest BCUT2D eigenvalue weighted by molar-refractivity contribution is -0.140. The molecular weight excluding hydrogens is 277 g/mol. The predicted octanol–water partition coefficient (Wildman–Crippen LogP) is 2.69. The third-order valence-electron chi connectivity index (χ3n) is 1.85. The van der Waals surface area contributed by atoms with E-state index in [0.29, 0.717) is 9.91 Å². The summed E-state index contributed by atoms with van der Waals surface area (Å²) < 4.78 is 36.8. The van der Waals surface area contributed by atoms with Crippen LogP contribution in [0.15, 0.2) is 5.38 Å². The number of aryl methyl sites for hydroxylation is 1. The molecule has 0 aliphatic rings. The Morgan fingerprint density at radius 2 is 2.24 bits per heavy atom. The van der Waals surface area contributed by atoms with Crippen LogP contribution in [0.25, 0.3) is 0 Å². The van der Waals surface area contributed by atoms with E-state index in [0.717, 1.165) is 0 Å². The van der Waals surface area contributed by atoms with Crippen molar-refractivity contribution in [2.75, 3.05) is 19.0 Å². The highest BCUT2D eigenvalue weighted by Crippen LogP contribution is 2.18. The van der Waals surface area contributed by atoms with E-state index in [1.807, 2.05) is 0 Å². The second-order valence-electron chi connectivity index (χ2n) is 3.28. The van der Waals surface area contributed by atoms with Gasteiger partial charge in [-0.05, 0) is 6.92 Å². The van der Waals surface area contributed by atoms with Crippen LogP contribution in [-0.4, -0.2) is 40.9 Å². The molecule has 0 aromatic carbocycles. The lowest BCUT2D eigenvalue weighted by Crippen LogP contribution is -2.40. The van der Waals surface area contributed by atoms with Gasteiger partial charge in [0.25, 0.3) is 5.91 Å². The summed E-state index contributed by atoms with van der Waals surface area (Å²) in [7, 11) is 0. The third-order valence-corrected chi connectivity index (χ3v) is 2.79. The van der Waals surface area contributed by atoms with Gasteiger partial charge in [0.2, 0.25) is 0 Å². The number of aromatic nitrogens is 1. The number of hydrogen-bond acceptors (Lipinski definition) is 3. The molecule has 1 aromatic rings. The van der Waals surface area contributed by atoms with E-state index in [2.05, 4.69) is 4.98 Å².